The average Bonchev–Trinajstić information content (AvgIpc) is 3.04. The molecular formula is C19H28F3N3OS. The van der Waals surface area contributed by atoms with Gasteiger partial charge in [0, 0.05) is 30.9 Å². The van der Waals surface area contributed by atoms with Crippen LogP contribution in [0.3, 0.4) is 0 Å². The van der Waals surface area contributed by atoms with Crippen molar-refractivity contribution in [2.45, 2.75) is 56.7 Å². The highest BCUT2D eigenvalue weighted by molar-refractivity contribution is 7.81. The lowest BCUT2D eigenvalue weighted by molar-refractivity contribution is -0.137. The molecule has 3 N–H and O–H groups in total. The van der Waals surface area contributed by atoms with Crippen LogP contribution in [0.5, 0.6) is 0 Å². The molecule has 1 heterocycles. The van der Waals surface area contributed by atoms with Gasteiger partial charge in [-0.05, 0) is 30.0 Å². The smallest absolute Gasteiger partial charge is 0.351 e. The van der Waals surface area contributed by atoms with Crippen molar-refractivity contribution in [3.8, 4) is 0 Å². The van der Waals surface area contributed by atoms with E-state index < -0.39 is 11.7 Å². The molecule has 0 spiro atoms. The highest BCUT2D eigenvalue weighted by atomic mass is 32.1. The van der Waals surface area contributed by atoms with Crippen molar-refractivity contribution in [1.82, 2.24) is 16.0 Å². The van der Waals surface area contributed by atoms with Crippen LogP contribution in [0.15, 0.2) is 24.3 Å². The largest absolute Gasteiger partial charge is 0.416 e. The Morgan fingerprint density at radius 3 is 2.74 bits per heavy atom. The molecule has 2 rings (SSSR count). The van der Waals surface area contributed by atoms with Crippen LogP contribution in [0, 0.1) is 5.92 Å². The van der Waals surface area contributed by atoms with Gasteiger partial charge < -0.3 is 16.0 Å². The van der Waals surface area contributed by atoms with Gasteiger partial charge >= 0.3 is 6.18 Å². The van der Waals surface area contributed by atoms with E-state index in [0.29, 0.717) is 17.4 Å². The zero-order valence-electron chi connectivity index (χ0n) is 15.6. The predicted molar refractivity (Wildman–Crippen MR) is 104 cm³/mol. The van der Waals surface area contributed by atoms with E-state index in [2.05, 4.69) is 28.6 Å². The molecule has 0 unspecified atom stereocenters. The summed E-state index contributed by atoms with van der Waals surface area (Å²) in [5.74, 6) is -0.0816. The molecule has 4 nitrogen and oxygen atoms in total. The van der Waals surface area contributed by atoms with Gasteiger partial charge in [-0.1, -0.05) is 32.4 Å². The van der Waals surface area contributed by atoms with Gasteiger partial charge in [0.05, 0.1) is 11.6 Å². The quantitative estimate of drug-likeness (QED) is 0.505. The van der Waals surface area contributed by atoms with Crippen molar-refractivity contribution in [3.05, 3.63) is 35.4 Å². The van der Waals surface area contributed by atoms with Crippen LogP contribution in [-0.4, -0.2) is 36.3 Å². The van der Waals surface area contributed by atoms with Gasteiger partial charge in [-0.25, -0.2) is 0 Å². The number of hydrogen-bond acceptors (Lipinski definition) is 4. The summed E-state index contributed by atoms with van der Waals surface area (Å²) in [7, 11) is 0. The van der Waals surface area contributed by atoms with E-state index in [0.717, 1.165) is 31.5 Å². The molecule has 4 atom stereocenters. The van der Waals surface area contributed by atoms with Crippen molar-refractivity contribution < 1.29 is 18.0 Å². The molecule has 1 saturated heterocycles. The number of benzene rings is 1. The minimum absolute atomic E-state index is 0.0672. The lowest BCUT2D eigenvalue weighted by atomic mass is 9.97. The maximum atomic E-state index is 12.8. The molecule has 27 heavy (non-hydrogen) atoms. The number of hydrogen-bond donors (Lipinski definition) is 4. The highest BCUT2D eigenvalue weighted by Crippen LogP contribution is 2.29. The van der Waals surface area contributed by atoms with E-state index in [1.807, 2.05) is 13.8 Å². The maximum Gasteiger partial charge on any atom is 0.416 e. The second-order valence-electron chi connectivity index (χ2n) is 7.18. The molecule has 1 aliphatic rings. The average molecular weight is 404 g/mol. The summed E-state index contributed by atoms with van der Waals surface area (Å²) in [6.45, 7) is 5.58. The fourth-order valence-corrected chi connectivity index (χ4v) is 3.53. The number of rotatable bonds is 8. The van der Waals surface area contributed by atoms with E-state index in [1.54, 1.807) is 6.07 Å². The fourth-order valence-electron chi connectivity index (χ4n) is 3.17. The molecule has 8 heteroatoms. The van der Waals surface area contributed by atoms with Crippen LogP contribution in [0.25, 0.3) is 0 Å². The van der Waals surface area contributed by atoms with E-state index in [-0.39, 0.29) is 30.5 Å². The molecular weight excluding hydrogens is 375 g/mol. The Balaban J connectivity index is 1.93. The number of carbonyl (C=O) groups is 1. The number of amides is 1. The summed E-state index contributed by atoms with van der Waals surface area (Å²) in [6.07, 6.45) is -2.63. The third-order valence-electron chi connectivity index (χ3n) is 5.00. The van der Waals surface area contributed by atoms with Gasteiger partial charge in [-0.15, -0.1) is 0 Å². The zero-order valence-corrected chi connectivity index (χ0v) is 16.5. The molecule has 0 aromatic heterocycles. The van der Waals surface area contributed by atoms with Crippen LogP contribution < -0.4 is 16.0 Å². The predicted octanol–water partition coefficient (Wildman–Crippen LogP) is 2.99. The normalized spacial score (nSPS) is 22.4. The number of thiol groups is 1. The Kier molecular flexibility index (Phi) is 8.00. The molecule has 1 aliphatic heterocycles. The van der Waals surface area contributed by atoms with Gasteiger partial charge in [-0.3, -0.25) is 4.79 Å². The summed E-state index contributed by atoms with van der Waals surface area (Å²) >= 11 is 4.45. The summed E-state index contributed by atoms with van der Waals surface area (Å²) in [4.78, 5) is 12.6. The van der Waals surface area contributed by atoms with E-state index in [9.17, 15) is 18.0 Å². The maximum absolute atomic E-state index is 12.8. The van der Waals surface area contributed by atoms with Crippen LogP contribution in [0.2, 0.25) is 0 Å². The fraction of sp³-hybridized carbons (Fsp3) is 0.632. The third-order valence-corrected chi connectivity index (χ3v) is 5.39. The Labute approximate surface area is 164 Å². The Bertz CT molecular complexity index is 626. The third kappa shape index (κ3) is 6.69. The second kappa shape index (κ2) is 9.80. The Morgan fingerprint density at radius 2 is 2.15 bits per heavy atom. The van der Waals surface area contributed by atoms with Crippen molar-refractivity contribution in [2.75, 3.05) is 13.1 Å². The molecule has 1 aromatic carbocycles. The van der Waals surface area contributed by atoms with E-state index in [4.69, 9.17) is 0 Å². The van der Waals surface area contributed by atoms with Crippen molar-refractivity contribution in [2.24, 2.45) is 5.92 Å². The van der Waals surface area contributed by atoms with Gasteiger partial charge in [0.15, 0.2) is 0 Å². The minimum Gasteiger partial charge on any atom is -0.351 e. The lowest BCUT2D eigenvalue weighted by Crippen LogP contribution is -2.50. The first-order valence-electron chi connectivity index (χ1n) is 9.29. The van der Waals surface area contributed by atoms with Crippen LogP contribution in [0.1, 0.15) is 37.8 Å². The molecule has 152 valence electrons. The summed E-state index contributed by atoms with van der Waals surface area (Å²) in [6, 6.07) is 4.92. The van der Waals surface area contributed by atoms with Crippen molar-refractivity contribution >= 4 is 18.5 Å². The summed E-state index contributed by atoms with van der Waals surface area (Å²) in [5.41, 5.74) is -0.282. The first-order chi connectivity index (χ1) is 12.7. The Morgan fingerprint density at radius 1 is 1.41 bits per heavy atom. The molecule has 0 aliphatic carbocycles. The van der Waals surface area contributed by atoms with Crippen molar-refractivity contribution in [3.63, 3.8) is 0 Å². The second-order valence-corrected chi connectivity index (χ2v) is 7.91. The van der Waals surface area contributed by atoms with Gasteiger partial charge in [0.25, 0.3) is 0 Å². The standard InChI is InChI=1S/C19H28F3N3OS/c1-3-12(2)17(24-10-15-8-16(27)11-23-15)18(26)25-9-13-5-4-6-14(7-13)19(20,21)22/h4-7,12,15-17,23-24,27H,3,8-11H2,1-2H3,(H,25,26)/t12-,15+,16+,17-/m0/s1. The van der Waals surface area contributed by atoms with E-state index in [1.165, 1.54) is 6.07 Å². The van der Waals surface area contributed by atoms with Crippen LogP contribution >= 0.6 is 12.6 Å². The van der Waals surface area contributed by atoms with Crippen LogP contribution in [-0.2, 0) is 17.5 Å². The van der Waals surface area contributed by atoms with Crippen molar-refractivity contribution in [1.29, 1.82) is 0 Å². The van der Waals surface area contributed by atoms with Crippen LogP contribution in [0.4, 0.5) is 13.2 Å². The summed E-state index contributed by atoms with van der Waals surface area (Å²) in [5, 5.41) is 9.77. The van der Waals surface area contributed by atoms with Gasteiger partial charge in [-0.2, -0.15) is 25.8 Å². The van der Waals surface area contributed by atoms with E-state index >= 15 is 0 Å². The summed E-state index contributed by atoms with van der Waals surface area (Å²) < 4.78 is 38.4. The number of alkyl halides is 3. The van der Waals surface area contributed by atoms with Gasteiger partial charge in [0.1, 0.15) is 0 Å². The molecule has 0 radical (unpaired) electrons. The molecule has 0 saturated carbocycles. The SMILES string of the molecule is CC[C@H](C)[C@H](NC[C@H]1C[C@@H](S)CN1)C(=O)NCc1cccc(C(F)(F)F)c1. The first-order valence-corrected chi connectivity index (χ1v) is 9.81. The van der Waals surface area contributed by atoms with Gasteiger partial charge in [0.2, 0.25) is 5.91 Å². The lowest BCUT2D eigenvalue weighted by Gasteiger charge is -2.25. The first kappa shape index (κ1) is 22.0. The monoisotopic (exact) mass is 403 g/mol. The number of carbonyl (C=O) groups excluding carboxylic acids is 1. The molecule has 1 aromatic rings. The number of nitrogens with one attached hydrogen (secondary N) is 3. The topological polar surface area (TPSA) is 53.2 Å². The highest BCUT2D eigenvalue weighted by Gasteiger charge is 2.30. The Hall–Kier alpha value is -1.25. The molecule has 0 bridgehead atoms. The number of halogens is 3. The molecule has 1 amide bonds. The zero-order chi connectivity index (χ0) is 20.0. The molecule has 1 fully saturated rings. The minimum atomic E-state index is -4.39.